The van der Waals surface area contributed by atoms with Crippen molar-refractivity contribution < 1.29 is 4.79 Å². The zero-order valence-corrected chi connectivity index (χ0v) is 10.5. The maximum atomic E-state index is 12.2. The highest BCUT2D eigenvalue weighted by Crippen LogP contribution is 2.24. The summed E-state index contributed by atoms with van der Waals surface area (Å²) in [5.41, 5.74) is 7.44. The van der Waals surface area contributed by atoms with Gasteiger partial charge in [0.1, 0.15) is 0 Å². The van der Waals surface area contributed by atoms with E-state index in [1.807, 2.05) is 11.8 Å². The Hall–Kier alpha value is -1.52. The molecule has 5 nitrogen and oxygen atoms in total. The third-order valence-electron chi connectivity index (χ3n) is 3.47. The lowest BCUT2D eigenvalue weighted by molar-refractivity contribution is 0.0781. The first-order valence-electron chi connectivity index (χ1n) is 6.23. The molecule has 0 spiro atoms. The van der Waals surface area contributed by atoms with E-state index >= 15 is 0 Å². The van der Waals surface area contributed by atoms with Crippen LogP contribution in [0.15, 0.2) is 0 Å². The minimum absolute atomic E-state index is 0.0366. The second kappa shape index (κ2) is 4.77. The van der Waals surface area contributed by atoms with Gasteiger partial charge in [0.25, 0.3) is 5.91 Å². The zero-order valence-electron chi connectivity index (χ0n) is 10.5. The molecule has 0 radical (unpaired) electrons. The number of H-pyrrole nitrogens is 1. The molecule has 1 aliphatic rings. The quantitative estimate of drug-likeness (QED) is 0.836. The molecule has 1 fully saturated rings. The number of nitrogens with zero attached hydrogens (tertiary/aromatic N) is 2. The number of carbonyl (C=O) groups excluding carboxylic acids is 1. The maximum Gasteiger partial charge on any atom is 0.276 e. The van der Waals surface area contributed by atoms with E-state index in [4.69, 9.17) is 5.73 Å². The molecule has 3 N–H and O–H groups in total. The van der Waals surface area contributed by atoms with E-state index in [-0.39, 0.29) is 5.91 Å². The van der Waals surface area contributed by atoms with Crippen LogP contribution in [0.3, 0.4) is 0 Å². The molecule has 5 heteroatoms. The van der Waals surface area contributed by atoms with Crippen LogP contribution in [0.1, 0.15) is 42.4 Å². The normalized spacial score (nSPS) is 19.9. The number of nitrogens with two attached hydrogens (primary N) is 1. The highest BCUT2D eigenvalue weighted by Gasteiger charge is 2.28. The molecule has 1 atom stereocenters. The molecular formula is C12H20N4O. The standard InChI is InChI=1S/C12H20N4O/c1-3-4-9-5-6-16(7-9)12(17)11-10(13)8(2)14-15-11/h9H,3-7,13H2,1-2H3,(H,14,15). The predicted octanol–water partition coefficient (Wildman–Crippen LogP) is 1.56. The van der Waals surface area contributed by atoms with Crippen LogP contribution in [-0.4, -0.2) is 34.1 Å². The van der Waals surface area contributed by atoms with Gasteiger partial charge in [-0.1, -0.05) is 13.3 Å². The summed E-state index contributed by atoms with van der Waals surface area (Å²) in [5, 5.41) is 6.74. The Bertz CT molecular complexity index is 413. The number of nitrogen functional groups attached to an aromatic ring is 1. The summed E-state index contributed by atoms with van der Waals surface area (Å²) < 4.78 is 0. The molecule has 1 aromatic rings. The minimum atomic E-state index is -0.0366. The number of aromatic amines is 1. The van der Waals surface area contributed by atoms with Crippen molar-refractivity contribution in [3.63, 3.8) is 0 Å². The summed E-state index contributed by atoms with van der Waals surface area (Å²) >= 11 is 0. The molecule has 2 heterocycles. The van der Waals surface area contributed by atoms with Crippen molar-refractivity contribution in [1.29, 1.82) is 0 Å². The number of aryl methyl sites for hydroxylation is 1. The molecule has 0 bridgehead atoms. The number of rotatable bonds is 3. The van der Waals surface area contributed by atoms with Gasteiger partial charge in [-0.05, 0) is 25.7 Å². The minimum Gasteiger partial charge on any atom is -0.395 e. The van der Waals surface area contributed by atoms with E-state index in [0.717, 1.165) is 25.2 Å². The fourth-order valence-electron chi connectivity index (χ4n) is 2.41. The molecule has 1 aromatic heterocycles. The van der Waals surface area contributed by atoms with Crippen LogP contribution in [0.5, 0.6) is 0 Å². The van der Waals surface area contributed by atoms with E-state index in [1.54, 1.807) is 0 Å². The monoisotopic (exact) mass is 236 g/mol. The molecule has 0 aliphatic carbocycles. The van der Waals surface area contributed by atoms with E-state index in [0.29, 0.717) is 17.3 Å². The number of likely N-dealkylation sites (tertiary alicyclic amines) is 1. The van der Waals surface area contributed by atoms with Crippen molar-refractivity contribution in [3.05, 3.63) is 11.4 Å². The first kappa shape index (κ1) is 12.0. The summed E-state index contributed by atoms with van der Waals surface area (Å²) in [4.78, 5) is 14.1. The van der Waals surface area contributed by atoms with E-state index in [9.17, 15) is 4.79 Å². The van der Waals surface area contributed by atoms with Crippen molar-refractivity contribution in [2.45, 2.75) is 33.1 Å². The Labute approximate surface area is 101 Å². The third-order valence-corrected chi connectivity index (χ3v) is 3.47. The lowest BCUT2D eigenvalue weighted by Gasteiger charge is -2.15. The molecular weight excluding hydrogens is 216 g/mol. The summed E-state index contributed by atoms with van der Waals surface area (Å²) in [7, 11) is 0. The summed E-state index contributed by atoms with van der Waals surface area (Å²) in [5.74, 6) is 0.607. The van der Waals surface area contributed by atoms with Crippen molar-refractivity contribution in [1.82, 2.24) is 15.1 Å². The summed E-state index contributed by atoms with van der Waals surface area (Å²) in [6.45, 7) is 5.68. The average molecular weight is 236 g/mol. The smallest absolute Gasteiger partial charge is 0.276 e. The van der Waals surface area contributed by atoms with Crippen molar-refractivity contribution >= 4 is 11.6 Å². The number of amides is 1. The molecule has 1 unspecified atom stereocenters. The fourth-order valence-corrected chi connectivity index (χ4v) is 2.41. The molecule has 17 heavy (non-hydrogen) atoms. The average Bonchev–Trinajstić information content (AvgIpc) is 2.88. The van der Waals surface area contributed by atoms with Gasteiger partial charge in [-0.15, -0.1) is 0 Å². The third kappa shape index (κ3) is 2.28. The first-order valence-corrected chi connectivity index (χ1v) is 6.23. The molecule has 94 valence electrons. The van der Waals surface area contributed by atoms with E-state index in [2.05, 4.69) is 17.1 Å². The molecule has 0 aromatic carbocycles. The Morgan fingerprint density at radius 2 is 2.41 bits per heavy atom. The largest absolute Gasteiger partial charge is 0.395 e. The number of nitrogens with one attached hydrogen (secondary N) is 1. The van der Waals surface area contributed by atoms with Gasteiger partial charge in [0.15, 0.2) is 5.69 Å². The zero-order chi connectivity index (χ0) is 12.4. The van der Waals surface area contributed by atoms with Gasteiger partial charge in [-0.2, -0.15) is 5.10 Å². The summed E-state index contributed by atoms with van der Waals surface area (Å²) in [6.07, 6.45) is 3.47. The van der Waals surface area contributed by atoms with Crippen LogP contribution in [0.25, 0.3) is 0 Å². The number of hydrogen-bond acceptors (Lipinski definition) is 3. The van der Waals surface area contributed by atoms with Crippen LogP contribution < -0.4 is 5.73 Å². The molecule has 1 amide bonds. The molecule has 1 aliphatic heterocycles. The van der Waals surface area contributed by atoms with Crippen LogP contribution in [0.4, 0.5) is 5.69 Å². The highest BCUT2D eigenvalue weighted by atomic mass is 16.2. The van der Waals surface area contributed by atoms with Crippen molar-refractivity contribution in [2.75, 3.05) is 18.8 Å². The Balaban J connectivity index is 2.04. The van der Waals surface area contributed by atoms with Gasteiger partial charge in [-0.3, -0.25) is 9.89 Å². The number of carbonyl (C=O) groups is 1. The Kier molecular flexibility index (Phi) is 3.36. The van der Waals surface area contributed by atoms with Gasteiger partial charge < -0.3 is 10.6 Å². The topological polar surface area (TPSA) is 75.0 Å². The highest BCUT2D eigenvalue weighted by molar-refractivity contribution is 5.97. The lowest BCUT2D eigenvalue weighted by atomic mass is 10.0. The van der Waals surface area contributed by atoms with Crippen molar-refractivity contribution in [2.24, 2.45) is 5.92 Å². The fraction of sp³-hybridized carbons (Fsp3) is 0.667. The van der Waals surface area contributed by atoms with Gasteiger partial charge >= 0.3 is 0 Å². The summed E-state index contributed by atoms with van der Waals surface area (Å²) in [6, 6.07) is 0. The Morgan fingerprint density at radius 1 is 1.65 bits per heavy atom. The van der Waals surface area contributed by atoms with Gasteiger partial charge in [0.2, 0.25) is 0 Å². The van der Waals surface area contributed by atoms with Crippen LogP contribution in [0.2, 0.25) is 0 Å². The first-order chi connectivity index (χ1) is 8.13. The number of aromatic nitrogens is 2. The van der Waals surface area contributed by atoms with Crippen LogP contribution in [-0.2, 0) is 0 Å². The van der Waals surface area contributed by atoms with Crippen LogP contribution in [0, 0.1) is 12.8 Å². The van der Waals surface area contributed by atoms with E-state index in [1.165, 1.54) is 12.8 Å². The van der Waals surface area contributed by atoms with Crippen molar-refractivity contribution in [3.8, 4) is 0 Å². The van der Waals surface area contributed by atoms with Gasteiger partial charge in [0, 0.05) is 13.1 Å². The lowest BCUT2D eigenvalue weighted by Crippen LogP contribution is -2.29. The molecule has 1 saturated heterocycles. The van der Waals surface area contributed by atoms with Gasteiger partial charge in [0.05, 0.1) is 11.4 Å². The number of anilines is 1. The molecule has 0 saturated carbocycles. The second-order valence-corrected chi connectivity index (χ2v) is 4.81. The van der Waals surface area contributed by atoms with E-state index < -0.39 is 0 Å². The molecule has 2 rings (SSSR count). The van der Waals surface area contributed by atoms with Crippen LogP contribution >= 0.6 is 0 Å². The number of hydrogen-bond donors (Lipinski definition) is 2. The van der Waals surface area contributed by atoms with Gasteiger partial charge in [-0.25, -0.2) is 0 Å². The SMILES string of the molecule is CCCC1CCN(C(=O)c2n[nH]c(C)c2N)C1. The predicted molar refractivity (Wildman–Crippen MR) is 66.7 cm³/mol. The maximum absolute atomic E-state index is 12.2. The Morgan fingerprint density at radius 3 is 3.00 bits per heavy atom. The second-order valence-electron chi connectivity index (χ2n) is 4.81.